The standard InChI is InChI=1S/C9H12N2O2/c1-13-7-10-6-4-8-3-2-5-11(8)9(10)12/h2-3,5H,4,6-7H2,1H3. The lowest BCUT2D eigenvalue weighted by atomic mass is 10.2. The topological polar surface area (TPSA) is 34.5 Å². The summed E-state index contributed by atoms with van der Waals surface area (Å²) in [5.74, 6) is 0. The van der Waals surface area contributed by atoms with Crippen LogP contribution in [-0.2, 0) is 11.2 Å². The summed E-state index contributed by atoms with van der Waals surface area (Å²) in [4.78, 5) is 13.4. The molecule has 0 aromatic carbocycles. The van der Waals surface area contributed by atoms with Gasteiger partial charge < -0.3 is 9.64 Å². The number of ether oxygens (including phenoxy) is 1. The minimum atomic E-state index is 0.00750. The van der Waals surface area contributed by atoms with Gasteiger partial charge in [-0.3, -0.25) is 4.57 Å². The quantitative estimate of drug-likeness (QED) is 0.678. The second kappa shape index (κ2) is 3.22. The van der Waals surface area contributed by atoms with E-state index in [0.717, 1.165) is 18.7 Å². The molecule has 13 heavy (non-hydrogen) atoms. The van der Waals surface area contributed by atoms with Gasteiger partial charge in [0.25, 0.3) is 0 Å². The van der Waals surface area contributed by atoms with Crippen LogP contribution in [0, 0.1) is 0 Å². The van der Waals surface area contributed by atoms with Crippen molar-refractivity contribution >= 4 is 6.03 Å². The van der Waals surface area contributed by atoms with Gasteiger partial charge in [-0.15, -0.1) is 0 Å². The van der Waals surface area contributed by atoms with Crippen LogP contribution in [0.5, 0.6) is 0 Å². The van der Waals surface area contributed by atoms with Crippen molar-refractivity contribution in [2.75, 3.05) is 20.4 Å². The molecule has 0 bridgehead atoms. The van der Waals surface area contributed by atoms with Crippen molar-refractivity contribution in [1.82, 2.24) is 9.47 Å². The number of amides is 1. The molecule has 0 aliphatic carbocycles. The summed E-state index contributed by atoms with van der Waals surface area (Å²) in [7, 11) is 1.60. The van der Waals surface area contributed by atoms with E-state index < -0.39 is 0 Å². The number of methoxy groups -OCH3 is 1. The maximum absolute atomic E-state index is 11.7. The van der Waals surface area contributed by atoms with Crippen LogP contribution in [0.2, 0.25) is 0 Å². The lowest BCUT2D eigenvalue weighted by Gasteiger charge is -2.27. The highest BCUT2D eigenvalue weighted by Crippen LogP contribution is 2.12. The van der Waals surface area contributed by atoms with Gasteiger partial charge in [0.05, 0.1) is 0 Å². The Kier molecular flexibility index (Phi) is 2.06. The molecule has 1 aromatic rings. The minimum Gasteiger partial charge on any atom is -0.364 e. The van der Waals surface area contributed by atoms with Gasteiger partial charge in [0.2, 0.25) is 0 Å². The van der Waals surface area contributed by atoms with E-state index in [4.69, 9.17) is 4.74 Å². The van der Waals surface area contributed by atoms with Crippen LogP contribution in [0.25, 0.3) is 0 Å². The van der Waals surface area contributed by atoms with Gasteiger partial charge in [-0.1, -0.05) is 0 Å². The van der Waals surface area contributed by atoms with E-state index in [2.05, 4.69) is 0 Å². The Labute approximate surface area is 76.7 Å². The molecule has 0 N–H and O–H groups in total. The second-order valence-electron chi connectivity index (χ2n) is 3.08. The highest BCUT2D eigenvalue weighted by atomic mass is 16.5. The van der Waals surface area contributed by atoms with E-state index in [-0.39, 0.29) is 6.03 Å². The van der Waals surface area contributed by atoms with Crippen LogP contribution in [-0.4, -0.2) is 35.9 Å². The predicted octanol–water partition coefficient (Wildman–Crippen LogP) is 0.918. The zero-order chi connectivity index (χ0) is 9.26. The van der Waals surface area contributed by atoms with Crippen LogP contribution in [0.15, 0.2) is 18.3 Å². The summed E-state index contributed by atoms with van der Waals surface area (Å²) in [6.07, 6.45) is 2.70. The number of carbonyl (C=O) groups is 1. The van der Waals surface area contributed by atoms with Crippen LogP contribution < -0.4 is 0 Å². The minimum absolute atomic E-state index is 0.00750. The molecule has 0 unspecified atom stereocenters. The van der Waals surface area contributed by atoms with Crippen molar-refractivity contribution in [2.45, 2.75) is 6.42 Å². The Morgan fingerprint density at radius 1 is 1.62 bits per heavy atom. The van der Waals surface area contributed by atoms with E-state index in [9.17, 15) is 4.79 Å². The molecular formula is C9H12N2O2. The first-order valence-corrected chi connectivity index (χ1v) is 4.27. The maximum atomic E-state index is 11.7. The van der Waals surface area contributed by atoms with Crippen LogP contribution >= 0.6 is 0 Å². The molecule has 2 rings (SSSR count). The molecule has 1 aliphatic rings. The number of rotatable bonds is 2. The smallest absolute Gasteiger partial charge is 0.330 e. The number of hydrogen-bond donors (Lipinski definition) is 0. The van der Waals surface area contributed by atoms with Crippen molar-refractivity contribution in [3.05, 3.63) is 24.0 Å². The Bertz CT molecular complexity index is 319. The summed E-state index contributed by atoms with van der Waals surface area (Å²) in [5.41, 5.74) is 1.08. The molecule has 70 valence electrons. The van der Waals surface area contributed by atoms with Crippen LogP contribution in [0.4, 0.5) is 4.79 Å². The molecule has 0 fully saturated rings. The molecular weight excluding hydrogens is 168 g/mol. The molecule has 0 spiro atoms. The summed E-state index contributed by atoms with van der Waals surface area (Å²) in [5, 5.41) is 0. The Balaban J connectivity index is 2.22. The molecule has 2 heterocycles. The average Bonchev–Trinajstić information content (AvgIpc) is 2.58. The maximum Gasteiger partial charge on any atom is 0.330 e. The highest BCUT2D eigenvalue weighted by molar-refractivity contribution is 5.78. The first kappa shape index (κ1) is 8.31. The average molecular weight is 180 g/mol. The number of hydrogen-bond acceptors (Lipinski definition) is 2. The summed E-state index contributed by atoms with van der Waals surface area (Å²) >= 11 is 0. The Morgan fingerprint density at radius 3 is 3.23 bits per heavy atom. The Morgan fingerprint density at radius 2 is 2.46 bits per heavy atom. The zero-order valence-corrected chi connectivity index (χ0v) is 7.56. The summed E-state index contributed by atoms with van der Waals surface area (Å²) in [6, 6.07) is 3.87. The summed E-state index contributed by atoms with van der Waals surface area (Å²) in [6.45, 7) is 1.12. The van der Waals surface area contributed by atoms with Gasteiger partial charge in [0, 0.05) is 32.0 Å². The second-order valence-corrected chi connectivity index (χ2v) is 3.08. The van der Waals surface area contributed by atoms with Crippen molar-refractivity contribution in [3.63, 3.8) is 0 Å². The number of nitrogens with zero attached hydrogens (tertiary/aromatic N) is 2. The van der Waals surface area contributed by atoms with Crippen LogP contribution in [0.3, 0.4) is 0 Å². The van der Waals surface area contributed by atoms with Gasteiger partial charge in [-0.05, 0) is 12.1 Å². The van der Waals surface area contributed by atoms with Crippen molar-refractivity contribution in [2.24, 2.45) is 0 Å². The number of carbonyl (C=O) groups excluding carboxylic acids is 1. The zero-order valence-electron chi connectivity index (χ0n) is 7.56. The molecule has 0 saturated carbocycles. The van der Waals surface area contributed by atoms with Crippen molar-refractivity contribution < 1.29 is 9.53 Å². The molecule has 1 aliphatic heterocycles. The fourth-order valence-electron chi connectivity index (χ4n) is 1.58. The third kappa shape index (κ3) is 1.33. The highest BCUT2D eigenvalue weighted by Gasteiger charge is 2.22. The molecule has 4 nitrogen and oxygen atoms in total. The molecule has 4 heteroatoms. The third-order valence-electron chi connectivity index (χ3n) is 2.23. The van der Waals surface area contributed by atoms with E-state index in [1.54, 1.807) is 22.8 Å². The monoisotopic (exact) mass is 180 g/mol. The number of aromatic nitrogens is 1. The van der Waals surface area contributed by atoms with E-state index in [1.165, 1.54) is 0 Å². The normalized spacial score (nSPS) is 16.1. The lowest BCUT2D eigenvalue weighted by Crippen LogP contribution is -2.41. The first-order valence-electron chi connectivity index (χ1n) is 4.27. The van der Waals surface area contributed by atoms with Crippen LogP contribution in [0.1, 0.15) is 5.69 Å². The van der Waals surface area contributed by atoms with Crippen molar-refractivity contribution in [3.8, 4) is 0 Å². The molecule has 1 amide bonds. The summed E-state index contributed by atoms with van der Waals surface area (Å²) < 4.78 is 6.60. The van der Waals surface area contributed by atoms with Crippen molar-refractivity contribution in [1.29, 1.82) is 0 Å². The molecule has 0 saturated heterocycles. The molecule has 0 radical (unpaired) electrons. The number of fused-ring (bicyclic) bond motifs is 1. The van der Waals surface area contributed by atoms with Gasteiger partial charge in [-0.2, -0.15) is 0 Å². The van der Waals surface area contributed by atoms with Gasteiger partial charge in [0.15, 0.2) is 0 Å². The van der Waals surface area contributed by atoms with E-state index in [0.29, 0.717) is 6.73 Å². The lowest BCUT2D eigenvalue weighted by molar-refractivity contribution is 0.0790. The largest absolute Gasteiger partial charge is 0.364 e. The predicted molar refractivity (Wildman–Crippen MR) is 47.5 cm³/mol. The van der Waals surface area contributed by atoms with Gasteiger partial charge in [-0.25, -0.2) is 4.79 Å². The van der Waals surface area contributed by atoms with Gasteiger partial charge in [0.1, 0.15) is 6.73 Å². The first-order chi connectivity index (χ1) is 6.33. The fraction of sp³-hybridized carbons (Fsp3) is 0.444. The Hall–Kier alpha value is -1.29. The third-order valence-corrected chi connectivity index (χ3v) is 2.23. The fourth-order valence-corrected chi connectivity index (χ4v) is 1.58. The molecule has 1 aromatic heterocycles. The van der Waals surface area contributed by atoms with Gasteiger partial charge >= 0.3 is 6.03 Å². The molecule has 0 atom stereocenters. The van der Waals surface area contributed by atoms with E-state index >= 15 is 0 Å². The van der Waals surface area contributed by atoms with E-state index in [1.807, 2.05) is 12.1 Å². The SMILES string of the molecule is COCN1CCc2cccn2C1=O.